The number of ether oxygens (including phenoxy) is 1. The van der Waals surface area contributed by atoms with Gasteiger partial charge in [-0.1, -0.05) is 19.1 Å². The molecule has 2 aromatic heterocycles. The quantitative estimate of drug-likeness (QED) is 0.486. The molecule has 10 heteroatoms. The van der Waals surface area contributed by atoms with Crippen LogP contribution < -0.4 is 4.74 Å². The van der Waals surface area contributed by atoms with E-state index in [1.165, 1.54) is 18.3 Å². The number of carbonyl (C=O) groups is 1. The third kappa shape index (κ3) is 6.31. The summed E-state index contributed by atoms with van der Waals surface area (Å²) in [4.78, 5) is 25.7. The minimum Gasteiger partial charge on any atom is -0.472 e. The van der Waals surface area contributed by atoms with Gasteiger partial charge in [0.15, 0.2) is 0 Å². The smallest absolute Gasteiger partial charge is 0.416 e. The molecule has 0 saturated carbocycles. The van der Waals surface area contributed by atoms with Gasteiger partial charge in [0.05, 0.1) is 18.2 Å². The number of hydrogen-bond donors (Lipinski definition) is 1. The molecule has 1 amide bonds. The van der Waals surface area contributed by atoms with E-state index in [0.29, 0.717) is 25.2 Å². The van der Waals surface area contributed by atoms with Crippen LogP contribution >= 0.6 is 0 Å². The number of alkyl halides is 3. The van der Waals surface area contributed by atoms with Crippen LogP contribution in [0.4, 0.5) is 13.2 Å². The summed E-state index contributed by atoms with van der Waals surface area (Å²) in [5.74, 6) is -0.362. The topological polar surface area (TPSA) is 78.8 Å². The first-order valence-corrected chi connectivity index (χ1v) is 12.4. The highest BCUT2D eigenvalue weighted by Crippen LogP contribution is 2.34. The predicted octanol–water partition coefficient (Wildman–Crippen LogP) is 4.51. The van der Waals surface area contributed by atoms with Crippen molar-refractivity contribution in [1.29, 1.82) is 0 Å². The summed E-state index contributed by atoms with van der Waals surface area (Å²) in [5, 5.41) is 9.86. The largest absolute Gasteiger partial charge is 0.472 e. The lowest BCUT2D eigenvalue weighted by atomic mass is 9.98. The second kappa shape index (κ2) is 11.5. The lowest BCUT2D eigenvalue weighted by Gasteiger charge is -2.37. The maximum Gasteiger partial charge on any atom is 0.416 e. The zero-order valence-electron chi connectivity index (χ0n) is 21.5. The van der Waals surface area contributed by atoms with Crippen LogP contribution in [0.15, 0.2) is 61.1 Å². The third-order valence-corrected chi connectivity index (χ3v) is 6.74. The van der Waals surface area contributed by atoms with Crippen molar-refractivity contribution in [3.05, 3.63) is 77.7 Å². The molecule has 1 N–H and O–H groups in total. The van der Waals surface area contributed by atoms with Gasteiger partial charge in [0.25, 0.3) is 5.91 Å². The van der Waals surface area contributed by atoms with Gasteiger partial charge in [-0.3, -0.25) is 14.7 Å². The summed E-state index contributed by atoms with van der Waals surface area (Å²) in [6.07, 6.45) is 0.0604. The molecule has 1 aliphatic heterocycles. The van der Waals surface area contributed by atoms with Crippen molar-refractivity contribution in [3.63, 3.8) is 0 Å². The van der Waals surface area contributed by atoms with Crippen LogP contribution in [0.3, 0.4) is 0 Å². The van der Waals surface area contributed by atoms with Gasteiger partial charge in [0.2, 0.25) is 5.88 Å². The van der Waals surface area contributed by atoms with Gasteiger partial charge in [-0.15, -0.1) is 0 Å². The Bertz CT molecular complexity index is 1260. The van der Waals surface area contributed by atoms with E-state index in [0.717, 1.165) is 17.7 Å². The normalized spacial score (nSPS) is 18.9. The summed E-state index contributed by atoms with van der Waals surface area (Å²) in [6.45, 7) is 5.04. The highest BCUT2D eigenvalue weighted by atomic mass is 19.4. The Morgan fingerprint density at radius 2 is 1.92 bits per heavy atom. The predicted molar refractivity (Wildman–Crippen MR) is 136 cm³/mol. The van der Waals surface area contributed by atoms with Crippen molar-refractivity contribution in [2.45, 2.75) is 38.7 Å². The number of carbonyl (C=O) groups excluding carboxylic acids is 1. The molecule has 0 unspecified atom stereocenters. The number of rotatable bonds is 7. The molecule has 3 heterocycles. The first-order valence-electron chi connectivity index (χ1n) is 12.4. The summed E-state index contributed by atoms with van der Waals surface area (Å²) in [5.41, 5.74) is 1.10. The summed E-state index contributed by atoms with van der Waals surface area (Å²) in [6, 6.07) is 9.82. The molecule has 0 fully saturated rings. The number of pyridine rings is 2. The van der Waals surface area contributed by atoms with Gasteiger partial charge >= 0.3 is 6.18 Å². The maximum absolute atomic E-state index is 13.6. The van der Waals surface area contributed by atoms with Gasteiger partial charge < -0.3 is 14.7 Å². The van der Waals surface area contributed by atoms with E-state index >= 15 is 0 Å². The molecule has 3 aromatic rings. The van der Waals surface area contributed by atoms with E-state index < -0.39 is 23.7 Å². The molecule has 4 rings (SSSR count). The van der Waals surface area contributed by atoms with E-state index in [2.05, 4.69) is 14.9 Å². The second-order valence-corrected chi connectivity index (χ2v) is 9.83. The van der Waals surface area contributed by atoms with E-state index in [9.17, 15) is 23.1 Å². The number of aliphatic hydroxyl groups is 1. The van der Waals surface area contributed by atoms with Crippen molar-refractivity contribution < 1.29 is 27.8 Å². The number of aliphatic hydroxyl groups excluding tert-OH is 1. The van der Waals surface area contributed by atoms with Crippen LogP contribution in [0.25, 0.3) is 11.1 Å². The summed E-state index contributed by atoms with van der Waals surface area (Å²) < 4.78 is 46.2. The maximum atomic E-state index is 13.6. The number of fused-ring (bicyclic) bond motifs is 1. The van der Waals surface area contributed by atoms with Crippen molar-refractivity contribution >= 4 is 5.91 Å². The first-order chi connectivity index (χ1) is 18.1. The number of halogens is 3. The molecule has 38 heavy (non-hydrogen) atoms. The Kier molecular flexibility index (Phi) is 8.32. The van der Waals surface area contributed by atoms with Gasteiger partial charge in [-0.05, 0) is 55.4 Å². The second-order valence-electron chi connectivity index (χ2n) is 9.83. The molecule has 7 nitrogen and oxygen atoms in total. The van der Waals surface area contributed by atoms with Crippen LogP contribution in [0.1, 0.15) is 35.3 Å². The molecule has 3 atom stereocenters. The van der Waals surface area contributed by atoms with Gasteiger partial charge in [-0.25, -0.2) is 4.98 Å². The number of amides is 1. The van der Waals surface area contributed by atoms with Crippen LogP contribution in [-0.2, 0) is 12.7 Å². The van der Waals surface area contributed by atoms with E-state index in [4.69, 9.17) is 4.74 Å². The zero-order valence-corrected chi connectivity index (χ0v) is 21.5. The number of hydrogen-bond acceptors (Lipinski definition) is 6. The molecule has 1 aliphatic rings. The lowest BCUT2D eigenvalue weighted by molar-refractivity contribution is -0.137. The average molecular weight is 529 g/mol. The van der Waals surface area contributed by atoms with Gasteiger partial charge in [0.1, 0.15) is 11.7 Å². The van der Waals surface area contributed by atoms with E-state index in [1.807, 2.05) is 26.1 Å². The highest BCUT2D eigenvalue weighted by Gasteiger charge is 2.35. The SMILES string of the molecule is C[C@H](CO)N1C[C@H](C)[C@H](CN(C)Cc2ccncc2)Oc2ncc(-c3cccc(C(F)(F)F)c3)cc2C1=O. The lowest BCUT2D eigenvalue weighted by Crippen LogP contribution is -2.49. The van der Waals surface area contributed by atoms with E-state index in [-0.39, 0.29) is 35.6 Å². The number of nitrogens with zero attached hydrogens (tertiary/aromatic N) is 4. The molecular weight excluding hydrogens is 497 g/mol. The number of benzene rings is 1. The fraction of sp³-hybridized carbons (Fsp3) is 0.393. The Morgan fingerprint density at radius 1 is 1.18 bits per heavy atom. The van der Waals surface area contributed by atoms with Crippen LogP contribution in [0, 0.1) is 5.92 Å². The van der Waals surface area contributed by atoms with Gasteiger partial charge in [-0.2, -0.15) is 13.2 Å². The standard InChI is InChI=1S/C28H31F3N4O3/c1-18-14-35(19(2)17-36)27(37)24-12-22(21-5-4-6-23(11-21)28(29,30)31)13-33-26(24)38-25(18)16-34(3)15-20-7-9-32-10-8-20/h4-13,18-19,25,36H,14-17H2,1-3H3/t18-,19+,25-/m0/s1. The molecule has 1 aromatic carbocycles. The van der Waals surface area contributed by atoms with Crippen LogP contribution in [-0.4, -0.2) is 69.7 Å². The molecule has 202 valence electrons. The van der Waals surface area contributed by atoms with Crippen molar-refractivity contribution in [3.8, 4) is 17.0 Å². The Labute approximate surface area is 219 Å². The molecular formula is C28H31F3N4O3. The highest BCUT2D eigenvalue weighted by molar-refractivity contribution is 5.98. The summed E-state index contributed by atoms with van der Waals surface area (Å²) >= 11 is 0. The van der Waals surface area contributed by atoms with Gasteiger partial charge in [0, 0.05) is 49.7 Å². The van der Waals surface area contributed by atoms with Crippen LogP contribution in [0.2, 0.25) is 0 Å². The van der Waals surface area contributed by atoms with Crippen molar-refractivity contribution in [2.24, 2.45) is 5.92 Å². The minimum absolute atomic E-state index is 0.0917. The van der Waals surface area contributed by atoms with E-state index in [1.54, 1.807) is 30.3 Å². The zero-order chi connectivity index (χ0) is 27.4. The minimum atomic E-state index is -4.50. The molecule has 0 aliphatic carbocycles. The fourth-order valence-electron chi connectivity index (χ4n) is 4.52. The first kappa shape index (κ1) is 27.5. The molecule has 0 radical (unpaired) electrons. The fourth-order valence-corrected chi connectivity index (χ4v) is 4.52. The number of aromatic nitrogens is 2. The molecule has 0 saturated heterocycles. The monoisotopic (exact) mass is 528 g/mol. The van der Waals surface area contributed by atoms with Crippen molar-refractivity contribution in [2.75, 3.05) is 26.7 Å². The van der Waals surface area contributed by atoms with Crippen molar-refractivity contribution in [1.82, 2.24) is 19.8 Å². The average Bonchev–Trinajstić information content (AvgIpc) is 2.90. The van der Waals surface area contributed by atoms with Crippen LogP contribution in [0.5, 0.6) is 5.88 Å². The Balaban J connectivity index is 1.68. The molecule has 0 spiro atoms. The Morgan fingerprint density at radius 3 is 2.61 bits per heavy atom. The summed E-state index contributed by atoms with van der Waals surface area (Å²) in [7, 11) is 1.97. The Hall–Kier alpha value is -3.50. The number of likely N-dealkylation sites (N-methyl/N-ethyl adjacent to an activating group) is 1. The third-order valence-electron chi connectivity index (χ3n) is 6.74. The molecule has 0 bridgehead atoms.